The average molecular weight is 439 g/mol. The van der Waals surface area contributed by atoms with Crippen LogP contribution >= 0.6 is 7.82 Å². The summed E-state index contributed by atoms with van der Waals surface area (Å²) in [6.07, 6.45) is -4.11. The van der Waals surface area contributed by atoms with Crippen molar-refractivity contribution in [3.63, 3.8) is 0 Å². The van der Waals surface area contributed by atoms with Gasteiger partial charge in [0.1, 0.15) is 24.1 Å². The molecule has 6 N–H and O–H groups in total. The molecule has 1 saturated heterocycles. The molecule has 3 heterocycles. The first-order valence-corrected chi connectivity index (χ1v) is 10.2. The fourth-order valence-electron chi connectivity index (χ4n) is 3.03. The molecule has 3 aromatic rings. The lowest BCUT2D eigenvalue weighted by Crippen LogP contribution is -2.33. The molecule has 0 bridgehead atoms. The predicted molar refractivity (Wildman–Crippen MR) is 101 cm³/mol. The molecule has 1 aromatic carbocycles. The minimum absolute atomic E-state index is 0.0364. The van der Waals surface area contributed by atoms with Crippen LogP contribution in [-0.4, -0.2) is 59.5 Å². The van der Waals surface area contributed by atoms with Crippen LogP contribution in [0.3, 0.4) is 0 Å². The Morgan fingerprint density at radius 3 is 2.73 bits per heavy atom. The van der Waals surface area contributed by atoms with Crippen LogP contribution in [0.25, 0.3) is 11.2 Å². The fraction of sp³-hybridized carbons (Fsp3) is 0.312. The molecule has 30 heavy (non-hydrogen) atoms. The SMILES string of the molecule is Nc1nc2c(ncn2[C@@H]2O[C@H](COP(=O)(O)Oc3ccccc3)[C@@H](O)[C@H]2O)c(=O)[nH]1. The first-order chi connectivity index (χ1) is 14.2. The Morgan fingerprint density at radius 2 is 2.00 bits per heavy atom. The molecule has 160 valence electrons. The minimum atomic E-state index is -4.51. The quantitative estimate of drug-likeness (QED) is 0.311. The Hall–Kier alpha value is -2.80. The summed E-state index contributed by atoms with van der Waals surface area (Å²) in [4.78, 5) is 31.9. The van der Waals surface area contributed by atoms with Crippen LogP contribution in [0.5, 0.6) is 5.75 Å². The molecule has 14 heteroatoms. The number of fused-ring (bicyclic) bond motifs is 1. The maximum Gasteiger partial charge on any atom is 0.527 e. The second-order valence-electron chi connectivity index (χ2n) is 6.49. The van der Waals surface area contributed by atoms with E-state index in [0.29, 0.717) is 0 Å². The van der Waals surface area contributed by atoms with Gasteiger partial charge in [-0.05, 0) is 12.1 Å². The van der Waals surface area contributed by atoms with Crippen molar-refractivity contribution < 1.29 is 33.5 Å². The molecule has 0 aliphatic carbocycles. The number of nitrogens with zero attached hydrogens (tertiary/aromatic N) is 3. The molecule has 2 aromatic heterocycles. The number of imidazole rings is 1. The van der Waals surface area contributed by atoms with Crippen molar-refractivity contribution in [2.24, 2.45) is 0 Å². The number of nitrogen functional groups attached to an aromatic ring is 1. The summed E-state index contributed by atoms with van der Waals surface area (Å²) >= 11 is 0. The van der Waals surface area contributed by atoms with E-state index in [1.54, 1.807) is 18.2 Å². The smallest absolute Gasteiger partial charge is 0.404 e. The van der Waals surface area contributed by atoms with Crippen LogP contribution in [0.2, 0.25) is 0 Å². The normalized spacial score (nSPS) is 26.0. The molecule has 0 saturated carbocycles. The van der Waals surface area contributed by atoms with Gasteiger partial charge in [0.15, 0.2) is 17.4 Å². The zero-order chi connectivity index (χ0) is 21.5. The van der Waals surface area contributed by atoms with E-state index in [0.717, 1.165) is 0 Å². The van der Waals surface area contributed by atoms with Gasteiger partial charge in [-0.25, -0.2) is 9.55 Å². The number of aliphatic hydroxyl groups excluding tert-OH is 2. The van der Waals surface area contributed by atoms with E-state index in [2.05, 4.69) is 15.0 Å². The predicted octanol–water partition coefficient (Wildman–Crippen LogP) is -0.483. The fourth-order valence-corrected chi connectivity index (χ4v) is 3.81. The van der Waals surface area contributed by atoms with Crippen LogP contribution in [0, 0.1) is 0 Å². The third-order valence-electron chi connectivity index (χ3n) is 4.43. The maximum absolute atomic E-state index is 12.1. The highest BCUT2D eigenvalue weighted by atomic mass is 31.2. The Labute approximate surface area is 168 Å². The van der Waals surface area contributed by atoms with E-state index in [4.69, 9.17) is 19.5 Å². The highest BCUT2D eigenvalue weighted by Crippen LogP contribution is 2.44. The summed E-state index contributed by atoms with van der Waals surface area (Å²) in [6.45, 7) is -0.557. The zero-order valence-corrected chi connectivity index (χ0v) is 16.1. The van der Waals surface area contributed by atoms with Crippen LogP contribution in [0.15, 0.2) is 41.5 Å². The Kier molecular flexibility index (Phi) is 5.32. The number of para-hydroxylation sites is 1. The number of aromatic nitrogens is 4. The monoisotopic (exact) mass is 439 g/mol. The van der Waals surface area contributed by atoms with Crippen LogP contribution in [-0.2, 0) is 13.8 Å². The highest BCUT2D eigenvalue weighted by molar-refractivity contribution is 7.47. The van der Waals surface area contributed by atoms with Crippen LogP contribution in [0.4, 0.5) is 5.95 Å². The van der Waals surface area contributed by atoms with Gasteiger partial charge < -0.3 is 25.2 Å². The van der Waals surface area contributed by atoms with Crippen molar-refractivity contribution >= 4 is 24.9 Å². The van der Waals surface area contributed by atoms with Gasteiger partial charge in [-0.3, -0.25) is 23.8 Å². The van der Waals surface area contributed by atoms with Crippen molar-refractivity contribution in [2.45, 2.75) is 24.5 Å². The Morgan fingerprint density at radius 1 is 1.27 bits per heavy atom. The third kappa shape index (κ3) is 3.94. The summed E-state index contributed by atoms with van der Waals surface area (Å²) in [7, 11) is -4.51. The van der Waals surface area contributed by atoms with E-state index >= 15 is 0 Å². The molecule has 1 fully saturated rings. The Balaban J connectivity index is 1.49. The summed E-state index contributed by atoms with van der Waals surface area (Å²) in [5, 5.41) is 20.7. The Bertz CT molecular complexity index is 1150. The second kappa shape index (κ2) is 7.80. The van der Waals surface area contributed by atoms with Gasteiger partial charge >= 0.3 is 7.82 Å². The van der Waals surface area contributed by atoms with Crippen molar-refractivity contribution in [1.29, 1.82) is 0 Å². The molecule has 1 aliphatic heterocycles. The number of phosphoric acid groups is 1. The lowest BCUT2D eigenvalue weighted by Gasteiger charge is -2.18. The highest BCUT2D eigenvalue weighted by Gasteiger charge is 2.45. The van der Waals surface area contributed by atoms with Gasteiger partial charge in [0, 0.05) is 0 Å². The number of hydrogen-bond donors (Lipinski definition) is 5. The van der Waals surface area contributed by atoms with Crippen molar-refractivity contribution in [1.82, 2.24) is 19.5 Å². The standard InChI is InChI=1S/C16H18N5O8P/c17-16-19-13-10(14(24)20-16)18-7-21(13)15-12(23)11(22)9(28-15)6-27-30(25,26)29-8-4-2-1-3-5-8/h1-5,7,9,11-12,15,22-23H,6H2,(H,25,26)(H3,17,19,20,24)/t9-,11-,12-,15-/m1/s1. The van der Waals surface area contributed by atoms with E-state index in [9.17, 15) is 24.5 Å². The third-order valence-corrected chi connectivity index (χ3v) is 5.34. The molecule has 4 rings (SSSR count). The number of nitrogens with one attached hydrogen (secondary N) is 1. The molecule has 1 aliphatic rings. The van der Waals surface area contributed by atoms with E-state index in [1.165, 1.54) is 23.0 Å². The van der Waals surface area contributed by atoms with Gasteiger partial charge in [-0.1, -0.05) is 18.2 Å². The van der Waals surface area contributed by atoms with Gasteiger partial charge in [-0.15, -0.1) is 0 Å². The van der Waals surface area contributed by atoms with E-state index in [1.807, 2.05) is 0 Å². The van der Waals surface area contributed by atoms with Crippen molar-refractivity contribution in [3.05, 3.63) is 47.0 Å². The number of aromatic amines is 1. The molecule has 1 unspecified atom stereocenters. The van der Waals surface area contributed by atoms with Gasteiger partial charge in [-0.2, -0.15) is 4.98 Å². The number of anilines is 1. The van der Waals surface area contributed by atoms with Gasteiger partial charge in [0.2, 0.25) is 5.95 Å². The number of ether oxygens (including phenoxy) is 1. The van der Waals surface area contributed by atoms with Gasteiger partial charge in [0.05, 0.1) is 12.9 Å². The molecular formula is C16H18N5O8P. The molecule has 13 nitrogen and oxygen atoms in total. The minimum Gasteiger partial charge on any atom is -0.404 e. The molecule has 0 radical (unpaired) electrons. The first kappa shape index (κ1) is 20.5. The first-order valence-electron chi connectivity index (χ1n) is 8.71. The number of phosphoric ester groups is 1. The molecule has 0 amide bonds. The second-order valence-corrected chi connectivity index (χ2v) is 7.87. The topological polar surface area (TPSA) is 195 Å². The number of benzene rings is 1. The van der Waals surface area contributed by atoms with Gasteiger partial charge in [0.25, 0.3) is 5.56 Å². The number of H-pyrrole nitrogens is 1. The summed E-state index contributed by atoms with van der Waals surface area (Å²) in [5.41, 5.74) is 4.97. The van der Waals surface area contributed by atoms with Crippen molar-refractivity contribution in [3.8, 4) is 5.75 Å². The maximum atomic E-state index is 12.1. The molecular weight excluding hydrogens is 421 g/mol. The summed E-state index contributed by atoms with van der Waals surface area (Å²) in [5.74, 6) is -0.0469. The van der Waals surface area contributed by atoms with Crippen LogP contribution in [0.1, 0.15) is 6.23 Å². The number of rotatable bonds is 6. The lowest BCUT2D eigenvalue weighted by molar-refractivity contribution is -0.0501. The number of aliphatic hydroxyl groups is 2. The lowest BCUT2D eigenvalue weighted by atomic mass is 10.1. The van der Waals surface area contributed by atoms with Crippen molar-refractivity contribution in [2.75, 3.05) is 12.3 Å². The zero-order valence-electron chi connectivity index (χ0n) is 15.2. The number of hydrogen-bond acceptors (Lipinski definition) is 10. The van der Waals surface area contributed by atoms with Crippen LogP contribution < -0.4 is 15.8 Å². The summed E-state index contributed by atoms with van der Waals surface area (Å²) < 4.78 is 28.8. The average Bonchev–Trinajstić information content (AvgIpc) is 3.22. The largest absolute Gasteiger partial charge is 0.527 e. The molecule has 0 spiro atoms. The summed E-state index contributed by atoms with van der Waals surface area (Å²) in [6, 6.07) is 7.87. The van der Waals surface area contributed by atoms with E-state index in [-0.39, 0.29) is 22.9 Å². The van der Waals surface area contributed by atoms with E-state index < -0.39 is 44.5 Å². The number of nitrogens with two attached hydrogens (primary N) is 1. The molecule has 5 atom stereocenters.